The van der Waals surface area contributed by atoms with Crippen molar-refractivity contribution in [3.8, 4) is 22.6 Å². The number of amides is 1. The highest BCUT2D eigenvalue weighted by atomic mass is 16.5. The summed E-state index contributed by atoms with van der Waals surface area (Å²) in [5, 5.41) is 8.35. The molecule has 0 fully saturated rings. The van der Waals surface area contributed by atoms with E-state index in [-0.39, 0.29) is 5.91 Å². The van der Waals surface area contributed by atoms with E-state index >= 15 is 0 Å². The molecule has 2 aromatic heterocycles. The fraction of sp³-hybridized carbons (Fsp3) is 0.276. The Kier molecular flexibility index (Phi) is 6.56. The maximum atomic E-state index is 13.9. The molecule has 0 saturated heterocycles. The minimum Gasteiger partial charge on any atom is -0.497 e. The smallest absolute Gasteiger partial charge is 0.254 e. The minimum absolute atomic E-state index is 0.00186. The van der Waals surface area contributed by atoms with Gasteiger partial charge in [0.2, 0.25) is 5.62 Å². The van der Waals surface area contributed by atoms with Crippen LogP contribution in [0.4, 0.5) is 0 Å². The number of imidazole rings is 1. The van der Waals surface area contributed by atoms with Crippen LogP contribution in [-0.2, 0) is 26.6 Å². The number of aryl methyl sites for hydroxylation is 2. The highest BCUT2D eigenvalue weighted by Crippen LogP contribution is 2.34. The number of hydrogen-bond acceptors (Lipinski definition) is 5. The van der Waals surface area contributed by atoms with Gasteiger partial charge < -0.3 is 23.5 Å². The van der Waals surface area contributed by atoms with E-state index in [2.05, 4.69) is 11.1 Å². The first-order valence-electron chi connectivity index (χ1n) is 12.2. The van der Waals surface area contributed by atoms with Gasteiger partial charge in [-0.2, -0.15) is 0 Å². The van der Waals surface area contributed by atoms with Gasteiger partial charge in [-0.25, -0.2) is 0 Å². The van der Waals surface area contributed by atoms with Crippen LogP contribution in [0.5, 0.6) is 11.5 Å². The predicted octanol–water partition coefficient (Wildman–Crippen LogP) is 3.94. The summed E-state index contributed by atoms with van der Waals surface area (Å²) in [6.07, 6.45) is 8.16. The number of nitrogens with one attached hydrogen (secondary N) is 1. The van der Waals surface area contributed by atoms with Gasteiger partial charge in [0.1, 0.15) is 11.5 Å². The zero-order valence-corrected chi connectivity index (χ0v) is 21.6. The second-order valence-corrected chi connectivity index (χ2v) is 9.42. The van der Waals surface area contributed by atoms with E-state index in [0.717, 1.165) is 39.8 Å². The summed E-state index contributed by atoms with van der Waals surface area (Å²) in [5.41, 5.74) is 7.32. The Morgan fingerprint density at radius 2 is 1.65 bits per heavy atom. The number of carbonyl (C=O) groups excluding carboxylic acids is 1. The van der Waals surface area contributed by atoms with Crippen molar-refractivity contribution in [2.45, 2.75) is 26.4 Å². The zero-order valence-electron chi connectivity index (χ0n) is 21.6. The second-order valence-electron chi connectivity index (χ2n) is 9.42. The molecular formula is C29H31N5O3. The second kappa shape index (κ2) is 9.97. The van der Waals surface area contributed by atoms with Gasteiger partial charge in [0.25, 0.3) is 5.91 Å². The van der Waals surface area contributed by atoms with Gasteiger partial charge in [0.15, 0.2) is 0 Å². The molecule has 0 radical (unpaired) electrons. The Hall–Kier alpha value is -4.33. The number of hydrogen-bond donors (Lipinski definition) is 1. The number of carbonyl (C=O) groups is 1. The van der Waals surface area contributed by atoms with Gasteiger partial charge in [-0.3, -0.25) is 15.2 Å². The Morgan fingerprint density at radius 3 is 2.30 bits per heavy atom. The highest BCUT2D eigenvalue weighted by molar-refractivity contribution is 5.99. The van der Waals surface area contributed by atoms with Crippen LogP contribution in [0.25, 0.3) is 11.1 Å². The van der Waals surface area contributed by atoms with Crippen molar-refractivity contribution < 1.29 is 14.3 Å². The normalized spacial score (nSPS) is 13.0. The highest BCUT2D eigenvalue weighted by Gasteiger charge is 2.28. The molecule has 8 nitrogen and oxygen atoms in total. The molecule has 2 aromatic carbocycles. The number of benzene rings is 2. The number of methoxy groups -OCH3 is 2. The van der Waals surface area contributed by atoms with E-state index in [1.807, 2.05) is 72.4 Å². The van der Waals surface area contributed by atoms with Gasteiger partial charge >= 0.3 is 0 Å². The van der Waals surface area contributed by atoms with E-state index in [0.29, 0.717) is 42.3 Å². The maximum absolute atomic E-state index is 13.9. The molecule has 1 aliphatic rings. The molecule has 1 N–H and O–H groups in total. The van der Waals surface area contributed by atoms with Crippen LogP contribution in [0.15, 0.2) is 61.2 Å². The summed E-state index contributed by atoms with van der Waals surface area (Å²) in [5.74, 6) is 1.40. The van der Waals surface area contributed by atoms with Crippen LogP contribution in [-0.4, -0.2) is 45.7 Å². The van der Waals surface area contributed by atoms with Crippen LogP contribution in [0.1, 0.15) is 32.6 Å². The lowest BCUT2D eigenvalue weighted by Crippen LogP contribution is -2.37. The van der Waals surface area contributed by atoms with Crippen molar-refractivity contribution in [3.63, 3.8) is 0 Å². The fourth-order valence-corrected chi connectivity index (χ4v) is 5.00. The van der Waals surface area contributed by atoms with Crippen molar-refractivity contribution >= 4 is 5.91 Å². The average molecular weight is 498 g/mol. The lowest BCUT2D eigenvalue weighted by atomic mass is 9.87. The molecule has 0 saturated carbocycles. The third kappa shape index (κ3) is 4.74. The molecule has 1 aliphatic heterocycles. The molecule has 0 aliphatic carbocycles. The van der Waals surface area contributed by atoms with Crippen LogP contribution in [0.2, 0.25) is 0 Å². The topological polar surface area (TPSA) is 85.4 Å². The third-order valence-electron chi connectivity index (χ3n) is 6.98. The fourth-order valence-electron chi connectivity index (χ4n) is 5.00. The molecule has 0 unspecified atom stereocenters. The predicted molar refractivity (Wildman–Crippen MR) is 141 cm³/mol. The van der Waals surface area contributed by atoms with E-state index in [1.54, 1.807) is 25.0 Å². The Labute approximate surface area is 216 Å². The molecule has 0 atom stereocenters. The number of nitrogens with zero attached hydrogens (tertiary/aromatic N) is 4. The molecule has 37 heavy (non-hydrogen) atoms. The first-order valence-corrected chi connectivity index (χ1v) is 12.2. The van der Waals surface area contributed by atoms with Gasteiger partial charge in [-0.15, -0.1) is 0 Å². The molecule has 1 amide bonds. The monoisotopic (exact) mass is 497 g/mol. The number of ether oxygens (including phenoxy) is 2. The van der Waals surface area contributed by atoms with E-state index < -0.39 is 0 Å². The summed E-state index contributed by atoms with van der Waals surface area (Å²) in [4.78, 5) is 20.0. The first kappa shape index (κ1) is 24.4. The van der Waals surface area contributed by atoms with Crippen LogP contribution >= 0.6 is 0 Å². The summed E-state index contributed by atoms with van der Waals surface area (Å²) < 4.78 is 14.5. The van der Waals surface area contributed by atoms with E-state index in [9.17, 15) is 4.79 Å². The van der Waals surface area contributed by atoms with Crippen LogP contribution < -0.4 is 15.1 Å². The molecule has 0 spiro atoms. The van der Waals surface area contributed by atoms with Gasteiger partial charge in [-0.05, 0) is 77.1 Å². The molecule has 5 rings (SSSR count). The number of rotatable bonds is 7. The van der Waals surface area contributed by atoms with Gasteiger partial charge in [-0.1, -0.05) is 0 Å². The number of pyridine rings is 1. The van der Waals surface area contributed by atoms with Crippen molar-refractivity contribution in [2.24, 2.45) is 7.05 Å². The average Bonchev–Trinajstić information content (AvgIpc) is 3.22. The molecule has 0 bridgehead atoms. The van der Waals surface area contributed by atoms with Gasteiger partial charge in [0.05, 0.1) is 20.8 Å². The van der Waals surface area contributed by atoms with Crippen LogP contribution in [0, 0.1) is 12.3 Å². The Bertz CT molecular complexity index is 1510. The molecule has 190 valence electrons. The Balaban J connectivity index is 1.56. The lowest BCUT2D eigenvalue weighted by Gasteiger charge is -2.31. The third-order valence-corrected chi connectivity index (χ3v) is 6.98. The minimum atomic E-state index is 0.00186. The van der Waals surface area contributed by atoms with Crippen LogP contribution in [0.3, 0.4) is 0 Å². The van der Waals surface area contributed by atoms with Crippen molar-refractivity contribution in [1.82, 2.24) is 19.0 Å². The summed E-state index contributed by atoms with van der Waals surface area (Å²) >= 11 is 0. The first-order chi connectivity index (χ1) is 17.9. The summed E-state index contributed by atoms with van der Waals surface area (Å²) in [7, 11) is 5.10. The van der Waals surface area contributed by atoms with E-state index in [1.165, 1.54) is 0 Å². The standard InChI is InChI=1S/C29H31N5O3/c1-19-16-31-7-5-24(19)26-13-21(18-34-10-9-32(2)29(34)30)14-27-25(26)6-8-33(28(27)35)17-20-11-22(36-3)15-23(12-20)37-4/h5,7,9-16,30H,6,8,17-18H2,1-4H3. The summed E-state index contributed by atoms with van der Waals surface area (Å²) in [6, 6.07) is 11.9. The molecule has 3 heterocycles. The van der Waals surface area contributed by atoms with Gasteiger partial charge in [0, 0.05) is 56.6 Å². The summed E-state index contributed by atoms with van der Waals surface area (Å²) in [6.45, 7) is 3.63. The SMILES string of the molecule is COc1cc(CN2CCc3c(cc(Cn4ccn(C)c4=N)cc3-c3ccncc3C)C2=O)cc(OC)c1. The molecule has 8 heteroatoms. The molecule has 4 aromatic rings. The van der Waals surface area contributed by atoms with Crippen molar-refractivity contribution in [2.75, 3.05) is 20.8 Å². The Morgan fingerprint density at radius 1 is 0.946 bits per heavy atom. The lowest BCUT2D eigenvalue weighted by molar-refractivity contribution is 0.0726. The van der Waals surface area contributed by atoms with Crippen molar-refractivity contribution in [3.05, 3.63) is 94.6 Å². The maximum Gasteiger partial charge on any atom is 0.254 e. The quantitative estimate of drug-likeness (QED) is 0.419. The molecular weight excluding hydrogens is 466 g/mol. The number of aromatic nitrogens is 3. The largest absolute Gasteiger partial charge is 0.497 e. The number of fused-ring (bicyclic) bond motifs is 1. The zero-order chi connectivity index (χ0) is 26.1. The van der Waals surface area contributed by atoms with E-state index in [4.69, 9.17) is 14.9 Å². The van der Waals surface area contributed by atoms with Crippen molar-refractivity contribution in [1.29, 1.82) is 5.41 Å².